The predicted octanol–water partition coefficient (Wildman–Crippen LogP) is 3.88. The van der Waals surface area contributed by atoms with Crippen molar-refractivity contribution in [1.29, 1.82) is 0 Å². The van der Waals surface area contributed by atoms with Gasteiger partial charge in [0.1, 0.15) is 5.82 Å². The van der Waals surface area contributed by atoms with Crippen LogP contribution in [0.1, 0.15) is 56.7 Å². The summed E-state index contributed by atoms with van der Waals surface area (Å²) in [6, 6.07) is 0. The van der Waals surface area contributed by atoms with Gasteiger partial charge in [-0.1, -0.05) is 32.1 Å². The van der Waals surface area contributed by atoms with Crippen LogP contribution in [0.2, 0.25) is 0 Å². The maximum atomic E-state index is 4.41. The van der Waals surface area contributed by atoms with Gasteiger partial charge >= 0.3 is 0 Å². The molecule has 1 saturated carbocycles. The third-order valence-corrected chi connectivity index (χ3v) is 3.48. The minimum absolute atomic E-state index is 0.637. The van der Waals surface area contributed by atoms with Gasteiger partial charge in [0.05, 0.1) is 11.9 Å². The monoisotopic (exact) mass is 208 g/mol. The van der Waals surface area contributed by atoms with Crippen molar-refractivity contribution in [2.24, 2.45) is 0 Å². The van der Waals surface area contributed by atoms with E-state index in [1.165, 1.54) is 44.9 Å². The van der Waals surface area contributed by atoms with Gasteiger partial charge in [-0.3, -0.25) is 0 Å². The second-order valence-corrected chi connectivity index (χ2v) is 4.80. The molecule has 1 fully saturated rings. The lowest BCUT2D eigenvalue weighted by molar-refractivity contribution is 0.443. The van der Waals surface area contributed by atoms with E-state index in [2.05, 4.69) is 9.97 Å². The van der Waals surface area contributed by atoms with Crippen molar-refractivity contribution < 1.29 is 0 Å². The quantitative estimate of drug-likeness (QED) is 0.699. The molecule has 0 N–H and O–H groups in total. The Morgan fingerprint density at radius 3 is 2.14 bits per heavy atom. The van der Waals surface area contributed by atoms with Gasteiger partial charge in [0.15, 0.2) is 0 Å². The number of aromatic nitrogens is 2. The van der Waals surface area contributed by atoms with Gasteiger partial charge in [0, 0.05) is 5.92 Å². The van der Waals surface area contributed by atoms with Gasteiger partial charge in [-0.25, -0.2) is 9.97 Å². The van der Waals surface area contributed by atoms with E-state index in [9.17, 15) is 0 Å². The average molecular weight is 208 g/mol. The van der Waals surface area contributed by atoms with Gasteiger partial charge in [0.2, 0.25) is 0 Å². The molecule has 0 atom stereocenters. The van der Waals surface area contributed by atoms with Crippen LogP contribution in [0, 0.1) is 0 Å². The second-order valence-electron chi connectivity index (χ2n) is 4.04. The highest BCUT2D eigenvalue weighted by Gasteiger charge is 2.15. The maximum Gasteiger partial charge on any atom is 0.132 e. The number of hydrogen-bond donors (Lipinski definition) is 0. The largest absolute Gasteiger partial charge is 0.236 e. The third-order valence-electron chi connectivity index (χ3n) is 2.98. The molecule has 1 heterocycles. The molecule has 1 aliphatic carbocycles. The summed E-state index contributed by atoms with van der Waals surface area (Å²) in [5, 5.41) is 0. The van der Waals surface area contributed by atoms with E-state index in [4.69, 9.17) is 0 Å². The van der Waals surface area contributed by atoms with Crippen molar-refractivity contribution in [3.63, 3.8) is 0 Å². The first kappa shape index (κ1) is 10.0. The summed E-state index contributed by atoms with van der Waals surface area (Å²) < 4.78 is 0. The molecule has 0 aromatic carbocycles. The summed E-state index contributed by atoms with van der Waals surface area (Å²) in [6.45, 7) is 0. The Morgan fingerprint density at radius 2 is 1.50 bits per heavy atom. The van der Waals surface area contributed by atoms with Gasteiger partial charge in [-0.15, -0.1) is 0 Å². The van der Waals surface area contributed by atoms with Crippen molar-refractivity contribution in [3.05, 3.63) is 17.7 Å². The Bertz CT molecular complexity index is 255. The summed E-state index contributed by atoms with van der Waals surface area (Å²) in [7, 11) is 1.13. The third kappa shape index (κ3) is 2.75. The first-order valence-corrected chi connectivity index (χ1v) is 6.62. The lowest BCUT2D eigenvalue weighted by Crippen LogP contribution is -2.05. The first-order chi connectivity index (χ1) is 6.97. The van der Waals surface area contributed by atoms with Gasteiger partial charge < -0.3 is 0 Å². The minimum Gasteiger partial charge on any atom is -0.236 e. The van der Waals surface area contributed by atoms with Crippen LogP contribution in [0.15, 0.2) is 11.9 Å². The van der Waals surface area contributed by atoms with Gasteiger partial charge in [0.25, 0.3) is 0 Å². The molecule has 3 heteroatoms. The van der Waals surface area contributed by atoms with Crippen LogP contribution in [0.25, 0.3) is 0 Å². The van der Waals surface area contributed by atoms with Gasteiger partial charge in [-0.05, 0) is 21.0 Å². The van der Waals surface area contributed by atoms with Crippen LogP contribution >= 0.6 is 8.19 Å². The first-order valence-electron chi connectivity index (χ1n) is 5.59. The van der Waals surface area contributed by atoms with E-state index < -0.39 is 0 Å². The predicted molar refractivity (Wildman–Crippen MR) is 59.6 cm³/mol. The van der Waals surface area contributed by atoms with Crippen molar-refractivity contribution in [2.75, 3.05) is 0 Å². The van der Waals surface area contributed by atoms with Crippen LogP contribution in [0.5, 0.6) is 0 Å². The molecule has 0 aliphatic heterocycles. The molecule has 0 amide bonds. The van der Waals surface area contributed by atoms with Crippen molar-refractivity contribution >= 4 is 8.19 Å². The molecule has 0 spiro atoms. The van der Waals surface area contributed by atoms with Crippen LogP contribution < -0.4 is 0 Å². The zero-order valence-corrected chi connectivity index (χ0v) is 9.42. The zero-order valence-electron chi connectivity index (χ0n) is 8.52. The van der Waals surface area contributed by atoms with E-state index in [0.717, 1.165) is 14.0 Å². The highest BCUT2D eigenvalue weighted by atomic mass is 31.0. The molecular formula is C11H17N2P. The van der Waals surface area contributed by atoms with Crippen LogP contribution in [0.4, 0.5) is 0 Å². The number of rotatable bonds is 1. The fraction of sp³-hybridized carbons (Fsp3) is 0.727. The Morgan fingerprint density at radius 1 is 0.929 bits per heavy atom. The van der Waals surface area contributed by atoms with Crippen LogP contribution in [0.3, 0.4) is 0 Å². The SMILES string of the molecule is c1nc(C2CCCCCCC2)ncp1. The highest BCUT2D eigenvalue weighted by Crippen LogP contribution is 2.28. The maximum absolute atomic E-state index is 4.41. The van der Waals surface area contributed by atoms with Crippen molar-refractivity contribution in [2.45, 2.75) is 50.9 Å². The molecule has 0 bridgehead atoms. The topological polar surface area (TPSA) is 25.8 Å². The Balaban J connectivity index is 2.01. The Labute approximate surface area is 87.3 Å². The molecular weight excluding hydrogens is 191 g/mol. The molecule has 1 aromatic rings. The van der Waals surface area contributed by atoms with Crippen molar-refractivity contribution in [1.82, 2.24) is 9.97 Å². The summed E-state index contributed by atoms with van der Waals surface area (Å²) in [6.07, 6.45) is 9.52. The number of hydrogen-bond acceptors (Lipinski definition) is 2. The van der Waals surface area contributed by atoms with Crippen molar-refractivity contribution in [3.8, 4) is 0 Å². The molecule has 0 saturated heterocycles. The Kier molecular flexibility index (Phi) is 3.88. The molecule has 0 radical (unpaired) electrons. The lowest BCUT2D eigenvalue weighted by atomic mass is 9.91. The van der Waals surface area contributed by atoms with Crippen LogP contribution in [-0.4, -0.2) is 9.97 Å². The van der Waals surface area contributed by atoms with E-state index in [1.807, 2.05) is 11.9 Å². The normalized spacial score (nSPS) is 20.0. The zero-order chi connectivity index (χ0) is 9.64. The van der Waals surface area contributed by atoms with E-state index >= 15 is 0 Å². The van der Waals surface area contributed by atoms with E-state index in [1.54, 1.807) is 0 Å². The molecule has 14 heavy (non-hydrogen) atoms. The van der Waals surface area contributed by atoms with E-state index in [-0.39, 0.29) is 0 Å². The summed E-state index contributed by atoms with van der Waals surface area (Å²) in [5.74, 6) is 5.64. The minimum atomic E-state index is 0.637. The molecule has 76 valence electrons. The summed E-state index contributed by atoms with van der Waals surface area (Å²) >= 11 is 0. The average Bonchev–Trinajstić information content (AvgIpc) is 2.18. The molecule has 1 aromatic heterocycles. The molecule has 2 rings (SSSR count). The smallest absolute Gasteiger partial charge is 0.132 e. The fourth-order valence-electron chi connectivity index (χ4n) is 2.17. The standard InChI is InChI=1S/C11H17N2P/c1-2-4-6-10(7-5-3-1)11-12-8-14-9-13-11/h8-10H,1-7H2. The van der Waals surface area contributed by atoms with Crippen LogP contribution in [-0.2, 0) is 0 Å². The molecule has 0 unspecified atom stereocenters. The highest BCUT2D eigenvalue weighted by molar-refractivity contribution is 7.27. The fourth-order valence-corrected chi connectivity index (χ4v) is 2.60. The molecule has 2 nitrogen and oxygen atoms in total. The summed E-state index contributed by atoms with van der Waals surface area (Å²) in [4.78, 5) is 8.81. The Hall–Kier alpha value is -0.490. The van der Waals surface area contributed by atoms with E-state index in [0.29, 0.717) is 5.92 Å². The lowest BCUT2D eigenvalue weighted by Gasteiger charge is -2.17. The number of nitrogens with zero attached hydrogens (tertiary/aromatic N) is 2. The second kappa shape index (κ2) is 5.41. The van der Waals surface area contributed by atoms with Gasteiger partial charge in [-0.2, -0.15) is 0 Å². The molecule has 1 aliphatic rings. The summed E-state index contributed by atoms with van der Waals surface area (Å²) in [5.41, 5.74) is 0.